The van der Waals surface area contributed by atoms with E-state index in [9.17, 15) is 13.2 Å². The molecule has 0 N–H and O–H groups in total. The van der Waals surface area contributed by atoms with Gasteiger partial charge in [0, 0.05) is 12.6 Å². The van der Waals surface area contributed by atoms with Gasteiger partial charge in [0.2, 0.25) is 5.91 Å². The summed E-state index contributed by atoms with van der Waals surface area (Å²) in [6.45, 7) is 5.25. The van der Waals surface area contributed by atoms with Gasteiger partial charge in [-0.25, -0.2) is 8.42 Å². The smallest absolute Gasteiger partial charge is 0.248 e. The summed E-state index contributed by atoms with van der Waals surface area (Å²) < 4.78 is 37.1. The second-order valence-electron chi connectivity index (χ2n) is 8.76. The van der Waals surface area contributed by atoms with Crippen molar-refractivity contribution in [1.29, 1.82) is 0 Å². The van der Waals surface area contributed by atoms with Crippen LogP contribution >= 0.6 is 0 Å². The molecule has 0 aromatic heterocycles. The zero-order chi connectivity index (χ0) is 19.7. The molecule has 2 aliphatic heterocycles. The number of hydrogen-bond acceptors (Lipinski definition) is 6. The molecule has 0 radical (unpaired) electrons. The maximum Gasteiger partial charge on any atom is 0.248 e. The lowest BCUT2D eigenvalue weighted by atomic mass is 9.94. The van der Waals surface area contributed by atoms with E-state index in [-0.39, 0.29) is 31.0 Å². The first kappa shape index (κ1) is 21.0. The summed E-state index contributed by atoms with van der Waals surface area (Å²) >= 11 is 0. The fourth-order valence-corrected chi connectivity index (χ4v) is 6.37. The first-order chi connectivity index (χ1) is 12.7. The van der Waals surface area contributed by atoms with E-state index in [1.165, 1.54) is 19.3 Å². The van der Waals surface area contributed by atoms with Crippen molar-refractivity contribution in [2.45, 2.75) is 68.9 Å². The van der Waals surface area contributed by atoms with Crippen molar-refractivity contribution in [2.24, 2.45) is 0 Å². The van der Waals surface area contributed by atoms with Crippen LogP contribution in [0.3, 0.4) is 0 Å². The highest BCUT2D eigenvalue weighted by atomic mass is 32.2. The summed E-state index contributed by atoms with van der Waals surface area (Å²) in [7, 11) is -1.20. The topological polar surface area (TPSA) is 76.2 Å². The van der Waals surface area contributed by atoms with Crippen LogP contribution in [-0.2, 0) is 24.1 Å². The summed E-state index contributed by atoms with van der Waals surface area (Å²) in [6.07, 6.45) is 6.06. The molecule has 1 aliphatic carbocycles. The van der Waals surface area contributed by atoms with Crippen molar-refractivity contribution in [2.75, 3.05) is 45.6 Å². The van der Waals surface area contributed by atoms with E-state index in [0.29, 0.717) is 25.7 Å². The maximum absolute atomic E-state index is 12.9. The molecule has 7 nitrogen and oxygen atoms in total. The van der Waals surface area contributed by atoms with Crippen molar-refractivity contribution >= 4 is 15.7 Å². The van der Waals surface area contributed by atoms with E-state index in [4.69, 9.17) is 9.47 Å². The lowest BCUT2D eigenvalue weighted by Crippen LogP contribution is -2.71. The van der Waals surface area contributed by atoms with Gasteiger partial charge in [-0.1, -0.05) is 19.3 Å². The molecule has 2 heterocycles. The number of rotatable bonds is 6. The molecule has 3 aliphatic rings. The number of carbonyl (C=O) groups excluding carboxylic acids is 1. The summed E-state index contributed by atoms with van der Waals surface area (Å²) in [5.41, 5.74) is -0.716. The molecular formula is C19H34N2O5S. The van der Waals surface area contributed by atoms with E-state index in [1.807, 2.05) is 20.9 Å². The maximum atomic E-state index is 12.9. The molecule has 3 rings (SSSR count). The fourth-order valence-electron chi connectivity index (χ4n) is 4.40. The second-order valence-corrected chi connectivity index (χ2v) is 11.0. The van der Waals surface area contributed by atoms with Gasteiger partial charge in [-0.3, -0.25) is 4.79 Å². The molecule has 156 valence electrons. The largest absolute Gasteiger partial charge is 0.369 e. The van der Waals surface area contributed by atoms with Crippen molar-refractivity contribution in [3.05, 3.63) is 0 Å². The molecule has 0 aromatic carbocycles. The SMILES string of the molecule is CC(C)OCC(=O)N1CC2(C1)CS(=O)(=O)[C@@H](CN(C)C1CCCCC1)CO2. The number of nitrogens with zero attached hydrogens (tertiary/aromatic N) is 2. The highest BCUT2D eigenvalue weighted by molar-refractivity contribution is 7.92. The second kappa shape index (κ2) is 8.35. The quantitative estimate of drug-likeness (QED) is 0.662. The van der Waals surface area contributed by atoms with Gasteiger partial charge in [-0.15, -0.1) is 0 Å². The third-order valence-electron chi connectivity index (χ3n) is 6.09. The predicted octanol–water partition coefficient (Wildman–Crippen LogP) is 1.07. The summed E-state index contributed by atoms with van der Waals surface area (Å²) in [6, 6.07) is 0.489. The number of likely N-dealkylation sites (tertiary alicyclic amines) is 1. The molecule has 3 fully saturated rings. The summed E-state index contributed by atoms with van der Waals surface area (Å²) in [4.78, 5) is 15.9. The number of sulfone groups is 1. The molecular weight excluding hydrogens is 368 g/mol. The molecule has 1 saturated carbocycles. The zero-order valence-electron chi connectivity index (χ0n) is 16.9. The third-order valence-corrected chi connectivity index (χ3v) is 8.32. The first-order valence-corrected chi connectivity index (χ1v) is 11.9. The van der Waals surface area contributed by atoms with Gasteiger partial charge in [0.15, 0.2) is 9.84 Å². The third kappa shape index (κ3) is 5.02. The first-order valence-electron chi connectivity index (χ1n) is 10.2. The molecule has 1 atom stereocenters. The van der Waals surface area contributed by atoms with Crippen molar-refractivity contribution in [3.8, 4) is 0 Å². The normalized spacial score (nSPS) is 27.9. The van der Waals surface area contributed by atoms with Crippen LogP contribution in [-0.4, -0.2) is 92.8 Å². The molecule has 1 spiro atoms. The van der Waals surface area contributed by atoms with Gasteiger partial charge in [0.05, 0.1) is 36.8 Å². The van der Waals surface area contributed by atoms with Gasteiger partial charge >= 0.3 is 0 Å². The van der Waals surface area contributed by atoms with Crippen LogP contribution < -0.4 is 0 Å². The van der Waals surface area contributed by atoms with E-state index < -0.39 is 20.7 Å². The van der Waals surface area contributed by atoms with Crippen LogP contribution in [0.15, 0.2) is 0 Å². The number of carbonyl (C=O) groups is 1. The Morgan fingerprint density at radius 1 is 1.26 bits per heavy atom. The molecule has 0 bridgehead atoms. The Morgan fingerprint density at radius 2 is 1.93 bits per heavy atom. The van der Waals surface area contributed by atoms with Crippen LogP contribution in [0.1, 0.15) is 46.0 Å². The number of hydrogen-bond donors (Lipinski definition) is 0. The Labute approximate surface area is 163 Å². The number of ether oxygens (including phenoxy) is 2. The number of amides is 1. The summed E-state index contributed by atoms with van der Waals surface area (Å²) in [5.74, 6) is -0.0904. The molecule has 0 aromatic rings. The van der Waals surface area contributed by atoms with E-state index in [0.717, 1.165) is 12.8 Å². The van der Waals surface area contributed by atoms with Crippen LogP contribution in [0.5, 0.6) is 0 Å². The Hall–Kier alpha value is -0.700. The van der Waals surface area contributed by atoms with E-state index >= 15 is 0 Å². The minimum atomic E-state index is -3.24. The standard InChI is InChI=1S/C19H34N2O5S/c1-15(2)25-11-18(22)21-12-19(13-21)14-27(23,24)17(10-26-19)9-20(3)16-7-5-4-6-8-16/h15-17H,4-14H2,1-3H3/t17-/m0/s1. The molecule has 8 heteroatoms. The fraction of sp³-hybridized carbons (Fsp3) is 0.947. The monoisotopic (exact) mass is 402 g/mol. The van der Waals surface area contributed by atoms with Gasteiger partial charge in [0.25, 0.3) is 0 Å². The lowest BCUT2D eigenvalue weighted by Gasteiger charge is -2.52. The van der Waals surface area contributed by atoms with Crippen LogP contribution in [0.25, 0.3) is 0 Å². The Balaban J connectivity index is 1.50. The van der Waals surface area contributed by atoms with Gasteiger partial charge in [-0.2, -0.15) is 0 Å². The highest BCUT2D eigenvalue weighted by Crippen LogP contribution is 2.33. The van der Waals surface area contributed by atoms with Crippen LogP contribution in [0.4, 0.5) is 0 Å². The van der Waals surface area contributed by atoms with E-state index in [1.54, 1.807) is 4.90 Å². The van der Waals surface area contributed by atoms with Crippen LogP contribution in [0, 0.1) is 0 Å². The van der Waals surface area contributed by atoms with Gasteiger partial charge < -0.3 is 19.3 Å². The van der Waals surface area contributed by atoms with Crippen LogP contribution in [0.2, 0.25) is 0 Å². The average molecular weight is 403 g/mol. The molecule has 27 heavy (non-hydrogen) atoms. The minimum absolute atomic E-state index is 0.00240. The lowest BCUT2D eigenvalue weighted by molar-refractivity contribution is -0.170. The highest BCUT2D eigenvalue weighted by Gasteiger charge is 2.53. The summed E-state index contributed by atoms with van der Waals surface area (Å²) in [5, 5.41) is -0.468. The Kier molecular flexibility index (Phi) is 6.50. The molecule has 2 saturated heterocycles. The van der Waals surface area contributed by atoms with Crippen molar-refractivity contribution in [1.82, 2.24) is 9.80 Å². The molecule has 1 amide bonds. The Morgan fingerprint density at radius 3 is 2.52 bits per heavy atom. The van der Waals surface area contributed by atoms with Gasteiger partial charge in [-0.05, 0) is 33.7 Å². The average Bonchev–Trinajstić information content (AvgIpc) is 2.59. The predicted molar refractivity (Wildman–Crippen MR) is 103 cm³/mol. The molecule has 0 unspecified atom stereocenters. The Bertz CT molecular complexity index is 624. The van der Waals surface area contributed by atoms with Crippen molar-refractivity contribution < 1.29 is 22.7 Å². The zero-order valence-corrected chi connectivity index (χ0v) is 17.7. The van der Waals surface area contributed by atoms with E-state index in [2.05, 4.69) is 4.90 Å². The van der Waals surface area contributed by atoms with Crippen molar-refractivity contribution in [3.63, 3.8) is 0 Å². The van der Waals surface area contributed by atoms with Gasteiger partial charge in [0.1, 0.15) is 12.2 Å². The minimum Gasteiger partial charge on any atom is -0.369 e.